The highest BCUT2D eigenvalue weighted by Crippen LogP contribution is 2.50. The molecule has 2 aromatic heterocycles. The van der Waals surface area contributed by atoms with Gasteiger partial charge < -0.3 is 31.1 Å². The van der Waals surface area contributed by atoms with Crippen LogP contribution < -0.4 is 16.4 Å². The zero-order chi connectivity index (χ0) is 46.6. The normalized spacial score (nSPS) is 26.1. The largest absolute Gasteiger partial charge is 0.352 e. The van der Waals surface area contributed by atoms with Crippen molar-refractivity contribution < 1.29 is 24.0 Å². The number of benzene rings is 2. The van der Waals surface area contributed by atoms with Gasteiger partial charge >= 0.3 is 0 Å². The van der Waals surface area contributed by atoms with Gasteiger partial charge in [-0.2, -0.15) is 0 Å². The first-order valence-electron chi connectivity index (χ1n) is 24.9. The lowest BCUT2D eigenvalue weighted by atomic mass is 9.63. The minimum Gasteiger partial charge on any atom is -0.352 e. The van der Waals surface area contributed by atoms with Gasteiger partial charge in [0.2, 0.25) is 0 Å². The molecule has 2 amide bonds. The molecular weight excluding hydrogens is 811 g/mol. The number of nitrogens with one attached hydrogen (secondary N) is 4. The van der Waals surface area contributed by atoms with Gasteiger partial charge in [-0.3, -0.25) is 19.2 Å². The Morgan fingerprint density at radius 3 is 1.32 bits per heavy atom. The summed E-state index contributed by atoms with van der Waals surface area (Å²) in [5, 5.41) is 8.47. The van der Waals surface area contributed by atoms with E-state index in [2.05, 4.69) is 48.3 Å². The highest BCUT2D eigenvalue weighted by molar-refractivity contribution is 6.09. The number of aromatic nitrogens is 2. The maximum atomic E-state index is 13.1. The third-order valence-electron chi connectivity index (χ3n) is 15.7. The number of ketones is 2. The summed E-state index contributed by atoms with van der Waals surface area (Å²) in [5.74, 6) is 2.63. The Hall–Kier alpha value is -4.57. The van der Waals surface area contributed by atoms with Crippen molar-refractivity contribution in [2.24, 2.45) is 34.3 Å². The molecule has 2 heterocycles. The van der Waals surface area contributed by atoms with Crippen LogP contribution in [-0.4, -0.2) is 57.8 Å². The van der Waals surface area contributed by atoms with Crippen molar-refractivity contribution in [2.45, 2.75) is 187 Å². The Bertz CT molecular complexity index is 2460. The number of aromatic amines is 2. The summed E-state index contributed by atoms with van der Waals surface area (Å²) in [4.78, 5) is 68.3. The van der Waals surface area contributed by atoms with Crippen LogP contribution in [-0.2, 0) is 15.6 Å². The van der Waals surface area contributed by atoms with E-state index >= 15 is 0 Å². The van der Waals surface area contributed by atoms with Gasteiger partial charge in [-0.25, -0.2) is 0 Å². The first-order chi connectivity index (χ1) is 30.7. The van der Waals surface area contributed by atoms with E-state index in [1.165, 1.54) is 38.5 Å². The van der Waals surface area contributed by atoms with Crippen LogP contribution in [0.3, 0.4) is 0 Å². The molecule has 10 heteroatoms. The second-order valence-electron chi connectivity index (χ2n) is 23.6. The molecule has 6 N–H and O–H groups in total. The van der Waals surface area contributed by atoms with E-state index in [1.54, 1.807) is 0 Å². The molecule has 4 saturated carbocycles. The quantitative estimate of drug-likeness (QED) is 0.110. The number of carbonyl (C=O) groups is 5. The van der Waals surface area contributed by atoms with Crippen molar-refractivity contribution in [3.8, 4) is 0 Å². The Kier molecular flexibility index (Phi) is 12.9. The van der Waals surface area contributed by atoms with Crippen LogP contribution in [0.15, 0.2) is 36.4 Å². The van der Waals surface area contributed by atoms with E-state index in [-0.39, 0.29) is 63.2 Å². The van der Waals surface area contributed by atoms with E-state index in [4.69, 9.17) is 5.73 Å². The molecule has 0 unspecified atom stereocenters. The van der Waals surface area contributed by atoms with E-state index in [1.807, 2.05) is 64.1 Å². The first kappa shape index (κ1) is 46.9. The van der Waals surface area contributed by atoms with Crippen molar-refractivity contribution in [3.05, 3.63) is 70.0 Å². The highest BCUT2D eigenvalue weighted by Gasteiger charge is 2.47. The van der Waals surface area contributed by atoms with Crippen molar-refractivity contribution >= 4 is 51.5 Å². The second-order valence-corrected chi connectivity index (χ2v) is 23.6. The Labute approximate surface area is 386 Å². The molecule has 2 aromatic carbocycles. The fourth-order valence-corrected chi connectivity index (χ4v) is 12.1. The summed E-state index contributed by atoms with van der Waals surface area (Å²) in [7, 11) is 0. The molecule has 4 fully saturated rings. The number of Topliss-reactive ketones (excluding diaryl/α,β-unsaturated/α-hetero) is 2. The smallest absolute Gasteiger partial charge is 0.251 e. The van der Waals surface area contributed by atoms with Gasteiger partial charge in [0, 0.05) is 67.8 Å². The first-order valence-corrected chi connectivity index (χ1v) is 24.9. The van der Waals surface area contributed by atoms with Gasteiger partial charge in [-0.1, -0.05) is 81.1 Å². The number of carbonyl (C=O) groups excluding carboxylic acids is 5. The fourth-order valence-electron chi connectivity index (χ4n) is 12.1. The maximum Gasteiger partial charge on any atom is 0.251 e. The van der Waals surface area contributed by atoms with E-state index in [0.717, 1.165) is 121 Å². The highest BCUT2D eigenvalue weighted by atomic mass is 16.2. The molecule has 10 rings (SSSR count). The summed E-state index contributed by atoms with van der Waals surface area (Å²) in [6.07, 6.45) is 19.1. The number of H-pyrrole nitrogens is 2. The van der Waals surface area contributed by atoms with Crippen LogP contribution in [0.4, 0.5) is 0 Å². The predicted molar refractivity (Wildman–Crippen MR) is 260 cm³/mol. The maximum absolute atomic E-state index is 13.1. The molecule has 65 heavy (non-hydrogen) atoms. The summed E-state index contributed by atoms with van der Waals surface area (Å²) < 4.78 is 0. The Balaban J connectivity index is 0.000000161. The molecule has 6 aliphatic rings. The molecule has 0 radical (unpaired) electrons. The minimum atomic E-state index is -0.389. The van der Waals surface area contributed by atoms with Crippen LogP contribution in [0.5, 0.6) is 0 Å². The number of rotatable bonds is 8. The third-order valence-corrected chi connectivity index (χ3v) is 15.7. The number of fused-ring (bicyclic) bond motifs is 6. The van der Waals surface area contributed by atoms with Crippen LogP contribution in [0.25, 0.3) is 21.8 Å². The summed E-state index contributed by atoms with van der Waals surface area (Å²) in [6.45, 7) is 16.9. The molecule has 6 aliphatic carbocycles. The third kappa shape index (κ3) is 10.2. The average Bonchev–Trinajstić information content (AvgIpc) is 4.19. The number of nitrogens with two attached hydrogens (primary N) is 1. The van der Waals surface area contributed by atoms with Crippen LogP contribution in [0, 0.1) is 28.6 Å². The topological polar surface area (TPSA) is 167 Å². The monoisotopic (exact) mass is 886 g/mol. The van der Waals surface area contributed by atoms with Crippen LogP contribution in [0.1, 0.15) is 211 Å². The van der Waals surface area contributed by atoms with E-state index in [9.17, 15) is 24.0 Å². The SMILES string of the molecule is CC1(C)CC(C)(C)c2c([nH]c3ccc(C(=O)NC4CCC(CCC5CC5)CC4)cc23)C1=O.CC1(C)CC(C)(C)c2c([nH]c3ccc(C(=O)NC4CCC(N)CC4)cc23)C1=O.O=CC1CC1. The Morgan fingerprint density at radius 2 is 0.969 bits per heavy atom. The Morgan fingerprint density at radius 1 is 0.585 bits per heavy atom. The number of aldehydes is 1. The molecule has 10 nitrogen and oxygen atoms in total. The van der Waals surface area contributed by atoms with Crippen LogP contribution in [0.2, 0.25) is 0 Å². The molecule has 0 bridgehead atoms. The fraction of sp³-hybridized carbons (Fsp3) is 0.618. The van der Waals surface area contributed by atoms with Crippen molar-refractivity contribution in [2.75, 3.05) is 0 Å². The standard InChI is InChI=1S/C28H38N2O2.C23H31N3O2.C4H6O/c1-27(2)16-28(3,4)25(31)24-23(27)21-15-19(11-14-22(21)30-24)26(32)29-20-12-9-18(10-13-20)8-7-17-5-6-17;1-22(2)12-23(3,4)20(27)19-18(22)16-11-13(5-10-17(16)26-19)21(28)25-15-8-6-14(24)7-9-15;5-3-4-1-2-4/h11,14-15,17-18,20,30H,5-10,12-13,16H2,1-4H3,(H,29,32);5,10-11,14-15,26H,6-9,12,24H2,1-4H3,(H,25,28);3-4H,1-2H2. The molecule has 4 aromatic rings. The van der Waals surface area contributed by atoms with Gasteiger partial charge in [0.15, 0.2) is 11.6 Å². The zero-order valence-electron chi connectivity index (χ0n) is 40.4. The minimum absolute atomic E-state index is 0.0172. The van der Waals surface area contributed by atoms with Crippen molar-refractivity contribution in [1.82, 2.24) is 20.6 Å². The number of hydrogen-bond acceptors (Lipinski definition) is 6. The van der Waals surface area contributed by atoms with Crippen LogP contribution >= 0.6 is 0 Å². The van der Waals surface area contributed by atoms with Crippen molar-refractivity contribution in [3.63, 3.8) is 0 Å². The molecule has 0 spiro atoms. The molecule has 350 valence electrons. The van der Waals surface area contributed by atoms with Gasteiger partial charge in [0.1, 0.15) is 6.29 Å². The lowest BCUT2D eigenvalue weighted by Gasteiger charge is -2.39. The number of hydrogen-bond donors (Lipinski definition) is 5. The molecule has 0 atom stereocenters. The lowest BCUT2D eigenvalue weighted by Crippen LogP contribution is -2.40. The van der Waals surface area contributed by atoms with Gasteiger partial charge in [-0.05, 0) is 147 Å². The van der Waals surface area contributed by atoms with Gasteiger partial charge in [0.25, 0.3) is 11.8 Å². The average molecular weight is 886 g/mol. The van der Waals surface area contributed by atoms with E-state index in [0.29, 0.717) is 22.7 Å². The predicted octanol–water partition coefficient (Wildman–Crippen LogP) is 11.2. The molecule has 0 aliphatic heterocycles. The van der Waals surface area contributed by atoms with Crippen molar-refractivity contribution in [1.29, 1.82) is 0 Å². The zero-order valence-corrected chi connectivity index (χ0v) is 40.4. The van der Waals surface area contributed by atoms with Gasteiger partial charge in [0.05, 0.1) is 11.4 Å². The molecule has 0 saturated heterocycles. The number of amides is 2. The lowest BCUT2D eigenvalue weighted by molar-refractivity contribution is -0.108. The summed E-state index contributed by atoms with van der Waals surface area (Å²) in [6, 6.07) is 12.3. The van der Waals surface area contributed by atoms with Gasteiger partial charge in [-0.15, -0.1) is 0 Å². The van der Waals surface area contributed by atoms with E-state index < -0.39 is 0 Å². The summed E-state index contributed by atoms with van der Waals surface area (Å²) in [5.41, 5.74) is 11.7. The molecular formula is C55H75N5O5. The second kappa shape index (κ2) is 17.9. The summed E-state index contributed by atoms with van der Waals surface area (Å²) >= 11 is 0.